The van der Waals surface area contributed by atoms with Gasteiger partial charge in [-0.1, -0.05) is 45.3 Å². The molecule has 3 fully saturated rings. The Morgan fingerprint density at radius 3 is 2.54 bits per heavy atom. The fourth-order valence-corrected chi connectivity index (χ4v) is 7.47. The van der Waals surface area contributed by atoms with Gasteiger partial charge < -0.3 is 5.11 Å². The zero-order chi connectivity index (χ0) is 17.5. The van der Waals surface area contributed by atoms with Crippen molar-refractivity contribution >= 4 is 0 Å². The summed E-state index contributed by atoms with van der Waals surface area (Å²) in [7, 11) is 0. The lowest BCUT2D eigenvalue weighted by Gasteiger charge is -2.62. The highest BCUT2D eigenvalue weighted by molar-refractivity contribution is 5.17. The molecule has 0 amide bonds. The molecule has 0 aromatic rings. The van der Waals surface area contributed by atoms with E-state index in [1.165, 1.54) is 51.4 Å². The molecule has 3 rings (SSSR count). The van der Waals surface area contributed by atoms with Crippen molar-refractivity contribution in [3.8, 4) is 0 Å². The number of rotatable bonds is 3. The monoisotopic (exact) mass is 332 g/mol. The average Bonchev–Trinajstić information content (AvgIpc) is 2.60. The van der Waals surface area contributed by atoms with E-state index in [0.29, 0.717) is 12.0 Å². The van der Waals surface area contributed by atoms with Crippen LogP contribution in [0.2, 0.25) is 0 Å². The van der Waals surface area contributed by atoms with Crippen LogP contribution in [0.25, 0.3) is 0 Å². The zero-order valence-electron chi connectivity index (χ0n) is 16.8. The Morgan fingerprint density at radius 1 is 1.17 bits per heavy atom. The van der Waals surface area contributed by atoms with Gasteiger partial charge in [0.25, 0.3) is 0 Å². The summed E-state index contributed by atoms with van der Waals surface area (Å²) in [5, 5.41) is 10.5. The van der Waals surface area contributed by atoms with Crippen LogP contribution in [-0.2, 0) is 0 Å². The topological polar surface area (TPSA) is 20.2 Å². The standard InChI is InChI=1S/C23H40O/c1-6-17(4)22(5)12-11-21-19(20(22)7-2)9-8-18-14-16(3)10-13-23(18,21)15-24/h6,16,18-21,24H,7-15H2,1-5H3/b17-6-/t16-,18?,19?,20?,21?,22?,23+/m0/s1. The van der Waals surface area contributed by atoms with Crippen LogP contribution in [0.3, 0.4) is 0 Å². The highest BCUT2D eigenvalue weighted by atomic mass is 16.3. The molecule has 0 aromatic carbocycles. The van der Waals surface area contributed by atoms with Crippen LogP contribution >= 0.6 is 0 Å². The second-order valence-corrected chi connectivity index (χ2v) is 9.76. The Kier molecular flexibility index (Phi) is 5.23. The first-order valence-corrected chi connectivity index (χ1v) is 10.7. The zero-order valence-corrected chi connectivity index (χ0v) is 16.8. The maximum Gasteiger partial charge on any atom is 0.0492 e. The van der Waals surface area contributed by atoms with Crippen LogP contribution in [0.4, 0.5) is 0 Å². The molecular formula is C23H40O. The van der Waals surface area contributed by atoms with E-state index in [-0.39, 0.29) is 5.41 Å². The quantitative estimate of drug-likeness (QED) is 0.608. The van der Waals surface area contributed by atoms with Crippen molar-refractivity contribution in [1.29, 1.82) is 0 Å². The van der Waals surface area contributed by atoms with E-state index < -0.39 is 0 Å². The fraction of sp³-hybridized carbons (Fsp3) is 0.913. The lowest BCUT2D eigenvalue weighted by Crippen LogP contribution is -2.56. The third-order valence-corrected chi connectivity index (χ3v) is 9.08. The van der Waals surface area contributed by atoms with Crippen molar-refractivity contribution in [2.75, 3.05) is 6.61 Å². The molecule has 0 saturated heterocycles. The number of fused-ring (bicyclic) bond motifs is 3. The highest BCUT2D eigenvalue weighted by Gasteiger charge is 2.58. The van der Waals surface area contributed by atoms with Crippen LogP contribution in [-0.4, -0.2) is 11.7 Å². The summed E-state index contributed by atoms with van der Waals surface area (Å²) in [5.74, 6) is 4.07. The minimum Gasteiger partial charge on any atom is -0.396 e. The van der Waals surface area contributed by atoms with Gasteiger partial charge in [-0.3, -0.25) is 0 Å². The van der Waals surface area contributed by atoms with Gasteiger partial charge in [-0.2, -0.15) is 0 Å². The van der Waals surface area contributed by atoms with E-state index in [4.69, 9.17) is 0 Å². The van der Waals surface area contributed by atoms with Crippen molar-refractivity contribution < 1.29 is 5.11 Å². The van der Waals surface area contributed by atoms with Crippen molar-refractivity contribution in [3.05, 3.63) is 11.6 Å². The number of hydrogen-bond donors (Lipinski definition) is 1. The van der Waals surface area contributed by atoms with E-state index in [9.17, 15) is 5.11 Å². The summed E-state index contributed by atoms with van der Waals surface area (Å²) in [5.41, 5.74) is 2.25. The van der Waals surface area contributed by atoms with E-state index in [0.717, 1.165) is 29.6 Å². The molecule has 1 nitrogen and oxygen atoms in total. The summed E-state index contributed by atoms with van der Waals surface area (Å²) in [6, 6.07) is 0. The largest absolute Gasteiger partial charge is 0.396 e. The molecule has 7 atom stereocenters. The Hall–Kier alpha value is -0.300. The van der Waals surface area contributed by atoms with E-state index in [2.05, 4.69) is 40.7 Å². The van der Waals surface area contributed by atoms with Crippen LogP contribution in [0, 0.1) is 40.4 Å². The second kappa shape index (κ2) is 6.78. The number of aliphatic hydroxyl groups excluding tert-OH is 1. The fourth-order valence-electron chi connectivity index (χ4n) is 7.47. The highest BCUT2D eigenvalue weighted by Crippen LogP contribution is 2.65. The van der Waals surface area contributed by atoms with E-state index in [1.807, 2.05) is 0 Å². The SMILES string of the molecule is C/C=C(/C)C1(C)CCC2C(CCC3C[C@@H](C)CC[C@@]32CO)C1CC. The summed E-state index contributed by atoms with van der Waals surface area (Å²) in [6.07, 6.45) is 13.1. The minimum absolute atomic E-state index is 0.258. The first kappa shape index (κ1) is 18.5. The van der Waals surface area contributed by atoms with E-state index >= 15 is 0 Å². The lowest BCUT2D eigenvalue weighted by molar-refractivity contribution is -0.141. The average molecular weight is 333 g/mol. The maximum absolute atomic E-state index is 10.5. The van der Waals surface area contributed by atoms with Gasteiger partial charge in [-0.15, -0.1) is 0 Å². The molecule has 0 radical (unpaired) electrons. The van der Waals surface area contributed by atoms with E-state index in [1.54, 1.807) is 5.57 Å². The second-order valence-electron chi connectivity index (χ2n) is 9.76. The van der Waals surface area contributed by atoms with Gasteiger partial charge in [0.05, 0.1) is 0 Å². The molecule has 0 aromatic heterocycles. The smallest absolute Gasteiger partial charge is 0.0492 e. The summed E-state index contributed by atoms with van der Waals surface area (Å²) in [6.45, 7) is 12.4. The van der Waals surface area contributed by atoms with Crippen molar-refractivity contribution in [2.24, 2.45) is 40.4 Å². The van der Waals surface area contributed by atoms with Crippen molar-refractivity contribution in [2.45, 2.75) is 86.0 Å². The number of allylic oxidation sites excluding steroid dienone is 2. The maximum atomic E-state index is 10.5. The normalized spacial score (nSPS) is 49.4. The molecule has 0 aliphatic heterocycles. The van der Waals surface area contributed by atoms with Gasteiger partial charge in [-0.05, 0) is 92.8 Å². The van der Waals surface area contributed by atoms with Crippen LogP contribution in [0.5, 0.6) is 0 Å². The first-order valence-electron chi connectivity index (χ1n) is 10.7. The Balaban J connectivity index is 1.93. The summed E-state index contributed by atoms with van der Waals surface area (Å²) in [4.78, 5) is 0. The molecule has 5 unspecified atom stereocenters. The summed E-state index contributed by atoms with van der Waals surface area (Å²) < 4.78 is 0. The third-order valence-electron chi connectivity index (χ3n) is 9.08. The molecule has 3 saturated carbocycles. The molecule has 138 valence electrons. The molecule has 0 heterocycles. The molecule has 0 bridgehead atoms. The predicted molar refractivity (Wildman–Crippen MR) is 103 cm³/mol. The van der Waals surface area contributed by atoms with Gasteiger partial charge in [-0.25, -0.2) is 0 Å². The lowest BCUT2D eigenvalue weighted by atomic mass is 9.43. The van der Waals surface area contributed by atoms with Crippen LogP contribution < -0.4 is 0 Å². The van der Waals surface area contributed by atoms with Crippen LogP contribution in [0.1, 0.15) is 86.0 Å². The molecule has 24 heavy (non-hydrogen) atoms. The van der Waals surface area contributed by atoms with Gasteiger partial charge in [0.1, 0.15) is 0 Å². The predicted octanol–water partition coefficient (Wildman–Crippen LogP) is 6.22. The Morgan fingerprint density at radius 2 is 1.92 bits per heavy atom. The molecule has 1 N–H and O–H groups in total. The third kappa shape index (κ3) is 2.61. The molecule has 0 spiro atoms. The van der Waals surface area contributed by atoms with Crippen LogP contribution in [0.15, 0.2) is 11.6 Å². The molecule has 3 aliphatic carbocycles. The number of hydrogen-bond acceptors (Lipinski definition) is 1. The first-order chi connectivity index (χ1) is 11.4. The van der Waals surface area contributed by atoms with Gasteiger partial charge in [0.15, 0.2) is 0 Å². The number of aliphatic hydroxyl groups is 1. The molecule has 3 aliphatic rings. The van der Waals surface area contributed by atoms with Gasteiger partial charge in [0, 0.05) is 6.61 Å². The van der Waals surface area contributed by atoms with Crippen molar-refractivity contribution in [1.82, 2.24) is 0 Å². The molecular weight excluding hydrogens is 292 g/mol. The van der Waals surface area contributed by atoms with Gasteiger partial charge in [0.2, 0.25) is 0 Å². The summed E-state index contributed by atoms with van der Waals surface area (Å²) >= 11 is 0. The Labute approximate surface area is 150 Å². The minimum atomic E-state index is 0.258. The van der Waals surface area contributed by atoms with Gasteiger partial charge >= 0.3 is 0 Å². The molecule has 1 heteroatoms. The van der Waals surface area contributed by atoms with Crippen molar-refractivity contribution in [3.63, 3.8) is 0 Å². The Bertz CT molecular complexity index is 480.